The summed E-state index contributed by atoms with van der Waals surface area (Å²) in [7, 11) is 0. The number of rotatable bonds is 6. The minimum absolute atomic E-state index is 0.0159. The fraction of sp³-hybridized carbons (Fsp3) is 0.381. The summed E-state index contributed by atoms with van der Waals surface area (Å²) < 4.78 is 7.72. The van der Waals surface area contributed by atoms with Gasteiger partial charge in [-0.2, -0.15) is 5.26 Å². The molecule has 0 saturated heterocycles. The maximum atomic E-state index is 12.0. The Balaban J connectivity index is 1.64. The third-order valence-electron chi connectivity index (χ3n) is 4.71. The average molecular weight is 390 g/mol. The first kappa shape index (κ1) is 18.9. The van der Waals surface area contributed by atoms with Crippen LogP contribution in [0, 0.1) is 29.6 Å². The second kappa shape index (κ2) is 7.17. The van der Waals surface area contributed by atoms with E-state index in [1.165, 1.54) is 0 Å². The summed E-state index contributed by atoms with van der Waals surface area (Å²) in [6.45, 7) is 5.78. The number of hydrogen-bond acceptors (Lipinski definition) is 6. The fourth-order valence-electron chi connectivity index (χ4n) is 2.83. The first-order chi connectivity index (χ1) is 13.8. The van der Waals surface area contributed by atoms with Crippen LogP contribution in [0.15, 0.2) is 30.9 Å². The summed E-state index contributed by atoms with van der Waals surface area (Å²) >= 11 is 0. The predicted molar refractivity (Wildman–Crippen MR) is 107 cm³/mol. The Morgan fingerprint density at radius 3 is 2.86 bits per heavy atom. The molecule has 1 aliphatic carbocycles. The molecule has 148 valence electrons. The average Bonchev–Trinajstić information content (AvgIpc) is 3.47. The maximum absolute atomic E-state index is 12.0. The van der Waals surface area contributed by atoms with Crippen LogP contribution < -0.4 is 10.1 Å². The highest BCUT2D eigenvalue weighted by Crippen LogP contribution is 2.31. The Hall–Kier alpha value is -3.47. The topological polar surface area (TPSA) is 105 Å². The molecule has 0 aromatic carbocycles. The van der Waals surface area contributed by atoms with E-state index in [4.69, 9.17) is 4.74 Å². The third-order valence-corrected chi connectivity index (χ3v) is 4.71. The van der Waals surface area contributed by atoms with E-state index < -0.39 is 5.41 Å². The van der Waals surface area contributed by atoms with Crippen LogP contribution in [0.5, 0.6) is 5.75 Å². The van der Waals surface area contributed by atoms with Gasteiger partial charge in [0.25, 0.3) is 0 Å². The molecule has 29 heavy (non-hydrogen) atoms. The Labute approximate surface area is 168 Å². The number of anilines is 1. The molecule has 1 saturated carbocycles. The number of fused-ring (bicyclic) bond motifs is 1. The molecule has 0 bridgehead atoms. The van der Waals surface area contributed by atoms with E-state index in [9.17, 15) is 10.1 Å². The molecule has 1 aliphatic rings. The van der Waals surface area contributed by atoms with Gasteiger partial charge < -0.3 is 14.5 Å². The van der Waals surface area contributed by atoms with Gasteiger partial charge in [-0.1, -0.05) is 0 Å². The van der Waals surface area contributed by atoms with E-state index in [2.05, 4.69) is 26.3 Å². The van der Waals surface area contributed by atoms with Crippen LogP contribution in [0.3, 0.4) is 0 Å². The molecule has 3 aromatic heterocycles. The van der Waals surface area contributed by atoms with Crippen LogP contribution in [-0.4, -0.2) is 31.9 Å². The molecule has 4 rings (SSSR count). The highest BCUT2D eigenvalue weighted by atomic mass is 16.5. The van der Waals surface area contributed by atoms with Gasteiger partial charge in [-0.25, -0.2) is 4.98 Å². The maximum Gasteiger partial charge on any atom is 0.228 e. The number of ether oxygens (including phenoxy) is 1. The number of aromatic nitrogens is 4. The number of carbonyl (C=O) groups excluding carboxylic acids is 1. The van der Waals surface area contributed by atoms with Crippen LogP contribution in [0.2, 0.25) is 0 Å². The van der Waals surface area contributed by atoms with Gasteiger partial charge in [0.05, 0.1) is 35.8 Å². The van der Waals surface area contributed by atoms with Gasteiger partial charge in [0.1, 0.15) is 12.4 Å². The molecule has 8 heteroatoms. The Morgan fingerprint density at radius 2 is 2.14 bits per heavy atom. The van der Waals surface area contributed by atoms with E-state index in [0.717, 1.165) is 24.1 Å². The van der Waals surface area contributed by atoms with Crippen molar-refractivity contribution in [2.75, 3.05) is 11.9 Å². The molecule has 3 heterocycles. The highest BCUT2D eigenvalue weighted by molar-refractivity contribution is 5.93. The van der Waals surface area contributed by atoms with Crippen LogP contribution in [0.1, 0.15) is 32.4 Å². The summed E-state index contributed by atoms with van der Waals surface area (Å²) in [5.41, 5.74) is 2.32. The van der Waals surface area contributed by atoms with Crippen molar-refractivity contribution in [3.8, 4) is 23.1 Å². The number of carbonyl (C=O) groups is 1. The second-order valence-electron chi connectivity index (χ2n) is 8.03. The van der Waals surface area contributed by atoms with Gasteiger partial charge >= 0.3 is 0 Å². The zero-order chi connectivity index (χ0) is 20.6. The number of aryl methyl sites for hydroxylation is 1. The summed E-state index contributed by atoms with van der Waals surface area (Å²) in [5, 5.41) is 12.1. The lowest BCUT2D eigenvalue weighted by molar-refractivity contribution is -0.117. The van der Waals surface area contributed by atoms with Crippen molar-refractivity contribution in [1.29, 1.82) is 5.26 Å². The number of nitrogens with one attached hydrogen (secondary N) is 1. The van der Waals surface area contributed by atoms with Crippen molar-refractivity contribution in [1.82, 2.24) is 19.4 Å². The lowest BCUT2D eigenvalue weighted by atomic mass is 9.97. The third kappa shape index (κ3) is 4.19. The Bertz CT molecular complexity index is 1120. The van der Waals surface area contributed by atoms with Gasteiger partial charge in [-0.3, -0.25) is 14.8 Å². The van der Waals surface area contributed by atoms with Gasteiger partial charge in [-0.15, -0.1) is 0 Å². The zero-order valence-electron chi connectivity index (χ0n) is 16.6. The number of amides is 1. The summed E-state index contributed by atoms with van der Waals surface area (Å²) in [5.74, 6) is 1.21. The first-order valence-electron chi connectivity index (χ1n) is 9.51. The first-order valence-corrected chi connectivity index (χ1v) is 9.51. The molecule has 0 unspecified atom stereocenters. The number of nitriles is 1. The smallest absolute Gasteiger partial charge is 0.228 e. The monoisotopic (exact) mass is 390 g/mol. The fourth-order valence-corrected chi connectivity index (χ4v) is 2.83. The molecule has 1 fully saturated rings. The highest BCUT2D eigenvalue weighted by Gasteiger charge is 2.30. The van der Waals surface area contributed by atoms with E-state index in [1.54, 1.807) is 18.6 Å². The quantitative estimate of drug-likeness (QED) is 0.692. The minimum Gasteiger partial charge on any atom is -0.490 e. The molecule has 0 spiro atoms. The van der Waals surface area contributed by atoms with Crippen molar-refractivity contribution in [2.24, 2.45) is 11.3 Å². The number of nitrogens with zero attached hydrogens (tertiary/aromatic N) is 5. The van der Waals surface area contributed by atoms with Crippen molar-refractivity contribution >= 4 is 17.4 Å². The van der Waals surface area contributed by atoms with Gasteiger partial charge in [0, 0.05) is 23.4 Å². The van der Waals surface area contributed by atoms with Crippen LogP contribution >= 0.6 is 0 Å². The summed E-state index contributed by atoms with van der Waals surface area (Å²) in [4.78, 5) is 25.2. The molecule has 8 nitrogen and oxygen atoms in total. The molecule has 1 N–H and O–H groups in total. The zero-order valence-corrected chi connectivity index (χ0v) is 16.6. The van der Waals surface area contributed by atoms with Crippen molar-refractivity contribution in [3.63, 3.8) is 0 Å². The van der Waals surface area contributed by atoms with E-state index in [-0.39, 0.29) is 18.4 Å². The van der Waals surface area contributed by atoms with Crippen molar-refractivity contribution in [3.05, 3.63) is 36.5 Å². The predicted octanol–water partition coefficient (Wildman–Crippen LogP) is 3.38. The molecule has 0 atom stereocenters. The molecule has 1 amide bonds. The van der Waals surface area contributed by atoms with Gasteiger partial charge in [0.2, 0.25) is 5.91 Å². The lowest BCUT2D eigenvalue weighted by Gasteiger charge is -2.18. The number of pyridine rings is 1. The molecular formula is C21H22N6O2. The van der Waals surface area contributed by atoms with E-state index >= 15 is 0 Å². The minimum atomic E-state index is -0.613. The summed E-state index contributed by atoms with van der Waals surface area (Å²) in [6.07, 6.45) is 8.80. The molecule has 3 aromatic rings. The standard InChI is InChI=1S/C21H22N6O2/c1-13-6-15(17(7-23-13)29-12-21(2,3)11-22)16-9-27-10-18(25-19(27)8-24-16)26-20(28)14-4-5-14/h6-10,14H,4-5,12H2,1-3H3,(H,26,28). The largest absolute Gasteiger partial charge is 0.490 e. The SMILES string of the molecule is Cc1cc(-c2cn3cc(NC(=O)C4CC4)nc3cn2)c(OCC(C)(C)C#N)cn1. The van der Waals surface area contributed by atoms with Gasteiger partial charge in [0.15, 0.2) is 11.5 Å². The van der Waals surface area contributed by atoms with Gasteiger partial charge in [-0.05, 0) is 39.7 Å². The van der Waals surface area contributed by atoms with Crippen LogP contribution in [-0.2, 0) is 4.79 Å². The van der Waals surface area contributed by atoms with Crippen LogP contribution in [0.4, 0.5) is 5.82 Å². The summed E-state index contributed by atoms with van der Waals surface area (Å²) in [6, 6.07) is 4.13. The Morgan fingerprint density at radius 1 is 1.34 bits per heavy atom. The Kier molecular flexibility index (Phi) is 4.66. The molecular weight excluding hydrogens is 368 g/mol. The molecule has 0 radical (unpaired) electrons. The molecule has 0 aliphatic heterocycles. The van der Waals surface area contributed by atoms with Crippen LogP contribution in [0.25, 0.3) is 16.9 Å². The normalized spacial score (nSPS) is 13.9. The lowest BCUT2D eigenvalue weighted by Crippen LogP contribution is -2.19. The van der Waals surface area contributed by atoms with Crippen molar-refractivity contribution < 1.29 is 9.53 Å². The number of imidazole rings is 1. The van der Waals surface area contributed by atoms with E-state index in [0.29, 0.717) is 22.9 Å². The number of hydrogen-bond donors (Lipinski definition) is 1. The van der Waals surface area contributed by atoms with Crippen molar-refractivity contribution in [2.45, 2.75) is 33.6 Å². The van der Waals surface area contributed by atoms with E-state index in [1.807, 2.05) is 37.4 Å². The second-order valence-corrected chi connectivity index (χ2v) is 8.03.